The normalized spacial score (nSPS) is 17.6. The van der Waals surface area contributed by atoms with E-state index >= 15 is 0 Å². The van der Waals surface area contributed by atoms with Gasteiger partial charge in [0.25, 0.3) is 0 Å². The monoisotopic (exact) mass is 520 g/mol. The summed E-state index contributed by atoms with van der Waals surface area (Å²) >= 11 is 7.03. The molecule has 1 atom stereocenters. The van der Waals surface area contributed by atoms with Crippen molar-refractivity contribution in [3.8, 4) is 5.75 Å². The highest BCUT2D eigenvalue weighted by Crippen LogP contribution is 2.44. The van der Waals surface area contributed by atoms with Gasteiger partial charge in [0.05, 0.1) is 23.3 Å². The molecule has 0 bridgehead atoms. The summed E-state index contributed by atoms with van der Waals surface area (Å²) in [6, 6.07) is 11.2. The molecule has 2 aromatic rings. The molecule has 0 radical (unpaired) electrons. The maximum atomic E-state index is 12.5. The SMILES string of the molecule is COC(=O)COc1c(Br)cc(Br)cc1C1NC(=O)NC2=C1CCc1ccccc12. The van der Waals surface area contributed by atoms with E-state index in [4.69, 9.17) is 4.74 Å². The van der Waals surface area contributed by atoms with Crippen LogP contribution >= 0.6 is 31.9 Å². The van der Waals surface area contributed by atoms with E-state index in [1.807, 2.05) is 30.3 Å². The molecular weight excluding hydrogens is 504 g/mol. The van der Waals surface area contributed by atoms with Crippen LogP contribution in [0.3, 0.4) is 0 Å². The highest BCUT2D eigenvalue weighted by molar-refractivity contribution is 9.11. The molecule has 0 spiro atoms. The van der Waals surface area contributed by atoms with Gasteiger partial charge in [0, 0.05) is 15.6 Å². The number of urea groups is 1. The Hall–Kier alpha value is -2.32. The molecule has 0 aromatic heterocycles. The number of carbonyl (C=O) groups excluding carboxylic acids is 2. The van der Waals surface area contributed by atoms with Crippen molar-refractivity contribution in [2.24, 2.45) is 0 Å². The lowest BCUT2D eigenvalue weighted by atomic mass is 9.82. The van der Waals surface area contributed by atoms with Crippen LogP contribution < -0.4 is 15.4 Å². The summed E-state index contributed by atoms with van der Waals surface area (Å²) in [7, 11) is 1.31. The van der Waals surface area contributed by atoms with Crippen LogP contribution in [0.2, 0.25) is 0 Å². The number of fused-ring (bicyclic) bond motifs is 2. The minimum Gasteiger partial charge on any atom is -0.480 e. The summed E-state index contributed by atoms with van der Waals surface area (Å²) < 4.78 is 12.0. The molecule has 29 heavy (non-hydrogen) atoms. The summed E-state index contributed by atoms with van der Waals surface area (Å²) in [5, 5.41) is 5.99. The molecule has 0 saturated heterocycles. The maximum Gasteiger partial charge on any atom is 0.343 e. The summed E-state index contributed by atoms with van der Waals surface area (Å²) in [5.74, 6) is 0.0168. The number of rotatable bonds is 4. The minimum atomic E-state index is -0.480. The predicted molar refractivity (Wildman–Crippen MR) is 115 cm³/mol. The predicted octanol–water partition coefficient (Wildman–Crippen LogP) is 4.47. The van der Waals surface area contributed by atoms with Crippen LogP contribution in [0.5, 0.6) is 5.75 Å². The third-order valence-corrected chi connectivity index (χ3v) is 6.09. The van der Waals surface area contributed by atoms with Gasteiger partial charge >= 0.3 is 12.0 Å². The number of ether oxygens (including phenoxy) is 2. The molecule has 8 heteroatoms. The molecule has 1 aliphatic heterocycles. The molecule has 2 amide bonds. The van der Waals surface area contributed by atoms with Crippen molar-refractivity contribution in [1.29, 1.82) is 0 Å². The van der Waals surface area contributed by atoms with Crippen molar-refractivity contribution >= 4 is 49.6 Å². The van der Waals surface area contributed by atoms with Crippen molar-refractivity contribution in [1.82, 2.24) is 10.6 Å². The Balaban J connectivity index is 1.82. The van der Waals surface area contributed by atoms with E-state index in [-0.39, 0.29) is 18.7 Å². The van der Waals surface area contributed by atoms with Crippen molar-refractivity contribution in [3.05, 3.63) is 67.6 Å². The Morgan fingerprint density at radius 3 is 2.79 bits per heavy atom. The van der Waals surface area contributed by atoms with E-state index in [0.717, 1.165) is 39.7 Å². The second-order valence-corrected chi connectivity index (χ2v) is 8.53. The molecule has 2 N–H and O–H groups in total. The first-order valence-electron chi connectivity index (χ1n) is 9.05. The summed E-state index contributed by atoms with van der Waals surface area (Å²) in [6.07, 6.45) is 1.68. The zero-order valence-electron chi connectivity index (χ0n) is 15.6. The lowest BCUT2D eigenvalue weighted by molar-refractivity contribution is -0.142. The maximum absolute atomic E-state index is 12.5. The molecule has 0 fully saturated rings. The van der Waals surface area contributed by atoms with Crippen LogP contribution in [-0.2, 0) is 16.0 Å². The van der Waals surface area contributed by atoms with Crippen LogP contribution in [0.25, 0.3) is 5.70 Å². The van der Waals surface area contributed by atoms with Gasteiger partial charge in [0.15, 0.2) is 6.61 Å². The average Bonchev–Trinajstić information content (AvgIpc) is 2.71. The number of benzene rings is 2. The average molecular weight is 522 g/mol. The molecule has 1 unspecified atom stereocenters. The fourth-order valence-corrected chi connectivity index (χ4v) is 5.13. The highest BCUT2D eigenvalue weighted by Gasteiger charge is 2.34. The summed E-state index contributed by atoms with van der Waals surface area (Å²) in [4.78, 5) is 24.1. The number of nitrogens with one attached hydrogen (secondary N) is 2. The molecule has 2 aromatic carbocycles. The van der Waals surface area contributed by atoms with Crippen molar-refractivity contribution in [2.75, 3.05) is 13.7 Å². The third kappa shape index (κ3) is 3.91. The molecule has 1 heterocycles. The molecule has 1 aliphatic carbocycles. The Morgan fingerprint density at radius 1 is 1.21 bits per heavy atom. The third-order valence-electron chi connectivity index (χ3n) is 5.04. The topological polar surface area (TPSA) is 76.7 Å². The van der Waals surface area contributed by atoms with Gasteiger partial charge in [0.1, 0.15) is 5.75 Å². The van der Waals surface area contributed by atoms with E-state index in [0.29, 0.717) is 10.2 Å². The van der Waals surface area contributed by atoms with Gasteiger partial charge in [-0.2, -0.15) is 0 Å². The number of hydrogen-bond donors (Lipinski definition) is 2. The Bertz CT molecular complexity index is 1040. The highest BCUT2D eigenvalue weighted by atomic mass is 79.9. The van der Waals surface area contributed by atoms with Gasteiger partial charge in [0.2, 0.25) is 0 Å². The first-order valence-corrected chi connectivity index (χ1v) is 10.6. The number of hydrogen-bond acceptors (Lipinski definition) is 4. The fourth-order valence-electron chi connectivity index (χ4n) is 3.76. The molecule has 150 valence electrons. The summed E-state index contributed by atoms with van der Waals surface area (Å²) in [6.45, 7) is -0.225. The van der Waals surface area contributed by atoms with Gasteiger partial charge in [-0.05, 0) is 52.0 Å². The van der Waals surface area contributed by atoms with E-state index < -0.39 is 5.97 Å². The van der Waals surface area contributed by atoms with E-state index in [1.165, 1.54) is 12.7 Å². The lowest BCUT2D eigenvalue weighted by Crippen LogP contribution is -2.44. The standard InChI is InChI=1S/C21H18Br2N2O4/c1-28-17(26)10-29-20-15(8-12(22)9-16(20)23)19-14-7-6-11-4-2-3-5-13(11)18(14)24-21(27)25-19/h2-5,8-9,19H,6-7,10H2,1H3,(H2,24,25,27). The Morgan fingerprint density at radius 2 is 2.00 bits per heavy atom. The lowest BCUT2D eigenvalue weighted by Gasteiger charge is -2.35. The molecule has 4 rings (SSSR count). The Labute approximate surface area is 184 Å². The fraction of sp³-hybridized carbons (Fsp3) is 0.238. The number of halogens is 2. The van der Waals surface area contributed by atoms with Crippen LogP contribution in [0, 0.1) is 0 Å². The second kappa shape index (κ2) is 8.20. The van der Waals surface area contributed by atoms with Crippen LogP contribution in [-0.4, -0.2) is 25.7 Å². The molecule has 2 aliphatic rings. The van der Waals surface area contributed by atoms with E-state index in [9.17, 15) is 9.59 Å². The summed E-state index contributed by atoms with van der Waals surface area (Å²) in [5.41, 5.74) is 4.94. The van der Waals surface area contributed by atoms with Gasteiger partial charge < -0.3 is 20.1 Å². The number of methoxy groups -OCH3 is 1. The zero-order chi connectivity index (χ0) is 20.5. The van der Waals surface area contributed by atoms with Gasteiger partial charge in [-0.15, -0.1) is 0 Å². The number of carbonyl (C=O) groups is 2. The van der Waals surface area contributed by atoms with Crippen LogP contribution in [0.4, 0.5) is 4.79 Å². The quantitative estimate of drug-likeness (QED) is 0.582. The molecular formula is C21H18Br2N2O4. The number of amides is 2. The van der Waals surface area contributed by atoms with Gasteiger partial charge in [-0.3, -0.25) is 0 Å². The zero-order valence-corrected chi connectivity index (χ0v) is 18.7. The smallest absolute Gasteiger partial charge is 0.343 e. The molecule has 0 saturated carbocycles. The largest absolute Gasteiger partial charge is 0.480 e. The Kier molecular flexibility index (Phi) is 5.65. The number of aryl methyl sites for hydroxylation is 1. The van der Waals surface area contributed by atoms with Crippen molar-refractivity contribution in [2.45, 2.75) is 18.9 Å². The van der Waals surface area contributed by atoms with Gasteiger partial charge in [-0.1, -0.05) is 40.2 Å². The van der Waals surface area contributed by atoms with E-state index in [2.05, 4.69) is 53.3 Å². The minimum absolute atomic E-state index is 0.225. The van der Waals surface area contributed by atoms with Crippen molar-refractivity contribution in [3.63, 3.8) is 0 Å². The van der Waals surface area contributed by atoms with Gasteiger partial charge in [-0.25, -0.2) is 9.59 Å². The first kappa shape index (κ1) is 20.0. The molecule has 6 nitrogen and oxygen atoms in total. The van der Waals surface area contributed by atoms with E-state index in [1.54, 1.807) is 0 Å². The number of esters is 1. The second-order valence-electron chi connectivity index (χ2n) is 6.76. The first-order chi connectivity index (χ1) is 14.0. The van der Waals surface area contributed by atoms with Crippen LogP contribution in [0.15, 0.2) is 50.9 Å². The van der Waals surface area contributed by atoms with Crippen LogP contribution in [0.1, 0.15) is 29.2 Å². The van der Waals surface area contributed by atoms with Crippen molar-refractivity contribution < 1.29 is 19.1 Å².